The van der Waals surface area contributed by atoms with Gasteiger partial charge in [0.1, 0.15) is 0 Å². The van der Waals surface area contributed by atoms with Crippen molar-refractivity contribution < 1.29 is 19.4 Å². The van der Waals surface area contributed by atoms with Crippen LogP contribution >= 0.6 is 0 Å². The van der Waals surface area contributed by atoms with Crippen molar-refractivity contribution in [3.63, 3.8) is 0 Å². The van der Waals surface area contributed by atoms with Crippen LogP contribution < -0.4 is 0 Å². The highest BCUT2D eigenvalue weighted by molar-refractivity contribution is 5.94. The molecule has 2 atom stereocenters. The van der Waals surface area contributed by atoms with Crippen LogP contribution in [-0.4, -0.2) is 30.1 Å². The van der Waals surface area contributed by atoms with Crippen molar-refractivity contribution in [2.24, 2.45) is 5.92 Å². The summed E-state index contributed by atoms with van der Waals surface area (Å²) in [5.41, 5.74) is 0. The Morgan fingerprint density at radius 1 is 1.35 bits per heavy atom. The summed E-state index contributed by atoms with van der Waals surface area (Å²) in [6, 6.07) is 0. The van der Waals surface area contributed by atoms with E-state index in [0.717, 1.165) is 32.1 Å². The number of allylic oxidation sites excluding steroid dienone is 1. The van der Waals surface area contributed by atoms with Crippen molar-refractivity contribution >= 4 is 11.8 Å². The molecule has 1 aliphatic carbocycles. The Labute approximate surface area is 102 Å². The van der Waals surface area contributed by atoms with Gasteiger partial charge < -0.3 is 9.84 Å². The van der Waals surface area contributed by atoms with Crippen LogP contribution in [0, 0.1) is 5.92 Å². The Morgan fingerprint density at radius 2 is 2.06 bits per heavy atom. The van der Waals surface area contributed by atoms with Gasteiger partial charge in [-0.15, -0.1) is 0 Å². The molecular formula is C13H20O4. The molecule has 0 amide bonds. The Kier molecular flexibility index (Phi) is 5.91. The predicted octanol–water partition coefficient (Wildman–Crippen LogP) is 1.62. The molecule has 4 heteroatoms. The highest BCUT2D eigenvalue weighted by Gasteiger charge is 2.27. The Balaban J connectivity index is 2.01. The van der Waals surface area contributed by atoms with Gasteiger partial charge in [-0.05, 0) is 18.9 Å². The maximum Gasteiger partial charge on any atom is 0.305 e. The molecule has 0 aromatic heterocycles. The maximum atomic E-state index is 11.3. The molecule has 0 saturated heterocycles. The zero-order valence-corrected chi connectivity index (χ0v) is 10.2. The van der Waals surface area contributed by atoms with Gasteiger partial charge in [0.2, 0.25) is 0 Å². The van der Waals surface area contributed by atoms with E-state index in [9.17, 15) is 14.7 Å². The number of aliphatic hydroxyl groups excluding tert-OH is 1. The molecule has 0 aromatic carbocycles. The molecule has 2 unspecified atom stereocenters. The van der Waals surface area contributed by atoms with Crippen molar-refractivity contribution in [3.8, 4) is 0 Å². The van der Waals surface area contributed by atoms with Gasteiger partial charge >= 0.3 is 5.97 Å². The summed E-state index contributed by atoms with van der Waals surface area (Å²) in [5, 5.41) is 9.50. The van der Waals surface area contributed by atoms with E-state index < -0.39 is 6.10 Å². The second-order valence-corrected chi connectivity index (χ2v) is 4.39. The third-order valence-electron chi connectivity index (χ3n) is 3.11. The van der Waals surface area contributed by atoms with Crippen LogP contribution in [0.1, 0.15) is 38.5 Å². The molecule has 4 nitrogen and oxygen atoms in total. The summed E-state index contributed by atoms with van der Waals surface area (Å²) < 4.78 is 4.54. The first-order valence-corrected chi connectivity index (χ1v) is 6.12. The molecule has 0 spiro atoms. The quantitative estimate of drug-likeness (QED) is 0.542. The molecule has 17 heavy (non-hydrogen) atoms. The second kappa shape index (κ2) is 7.22. The summed E-state index contributed by atoms with van der Waals surface area (Å²) >= 11 is 0. The number of esters is 1. The van der Waals surface area contributed by atoms with Crippen LogP contribution in [0.15, 0.2) is 12.2 Å². The van der Waals surface area contributed by atoms with Crippen molar-refractivity contribution in [2.45, 2.75) is 44.6 Å². The minimum absolute atomic E-state index is 0.0343. The molecule has 0 heterocycles. The zero-order chi connectivity index (χ0) is 12.7. The van der Waals surface area contributed by atoms with Gasteiger partial charge in [-0.3, -0.25) is 9.59 Å². The van der Waals surface area contributed by atoms with Gasteiger partial charge in [-0.25, -0.2) is 0 Å². The first-order chi connectivity index (χ1) is 8.15. The minimum Gasteiger partial charge on any atom is -0.469 e. The number of hydrogen-bond donors (Lipinski definition) is 1. The molecule has 0 bridgehead atoms. The van der Waals surface area contributed by atoms with Crippen LogP contribution in [0.3, 0.4) is 0 Å². The number of carbonyl (C=O) groups is 2. The molecule has 0 fully saturated rings. The fourth-order valence-corrected chi connectivity index (χ4v) is 2.02. The van der Waals surface area contributed by atoms with Crippen molar-refractivity contribution in [3.05, 3.63) is 12.2 Å². The van der Waals surface area contributed by atoms with E-state index in [0.29, 0.717) is 6.42 Å². The molecule has 96 valence electrons. The maximum absolute atomic E-state index is 11.3. The van der Waals surface area contributed by atoms with Gasteiger partial charge in [0, 0.05) is 6.42 Å². The number of hydrogen-bond acceptors (Lipinski definition) is 4. The standard InChI is InChI=1S/C13H20O4/c1-17-13(16)7-5-3-2-4-6-10-11(14)8-9-12(10)15/h8-11,14H,2-7H2,1H3. The number of unbranched alkanes of at least 4 members (excludes halogenated alkanes) is 3. The van der Waals surface area contributed by atoms with Crippen LogP contribution in [-0.2, 0) is 14.3 Å². The molecule has 1 aliphatic rings. The molecule has 0 aliphatic heterocycles. The number of carbonyl (C=O) groups excluding carboxylic acids is 2. The smallest absolute Gasteiger partial charge is 0.305 e. The number of ketones is 1. The fourth-order valence-electron chi connectivity index (χ4n) is 2.02. The lowest BCUT2D eigenvalue weighted by Gasteiger charge is -2.12. The summed E-state index contributed by atoms with van der Waals surface area (Å²) in [4.78, 5) is 22.2. The summed E-state index contributed by atoms with van der Waals surface area (Å²) in [6.45, 7) is 0. The van der Waals surface area contributed by atoms with E-state index in [1.54, 1.807) is 6.08 Å². The average Bonchev–Trinajstić information content (AvgIpc) is 2.64. The Hall–Kier alpha value is -1.16. The molecule has 1 rings (SSSR count). The van der Waals surface area contributed by atoms with E-state index in [-0.39, 0.29) is 17.7 Å². The van der Waals surface area contributed by atoms with E-state index >= 15 is 0 Å². The van der Waals surface area contributed by atoms with Crippen LogP contribution in [0.25, 0.3) is 0 Å². The van der Waals surface area contributed by atoms with Crippen molar-refractivity contribution in [2.75, 3.05) is 7.11 Å². The van der Waals surface area contributed by atoms with Gasteiger partial charge in [0.15, 0.2) is 5.78 Å². The zero-order valence-electron chi connectivity index (χ0n) is 10.2. The lowest BCUT2D eigenvalue weighted by atomic mass is 9.96. The van der Waals surface area contributed by atoms with Crippen LogP contribution in [0.5, 0.6) is 0 Å². The molecule has 0 saturated carbocycles. The number of ether oxygens (including phenoxy) is 1. The normalized spacial score (nSPS) is 23.1. The third kappa shape index (κ3) is 4.69. The fraction of sp³-hybridized carbons (Fsp3) is 0.692. The van der Waals surface area contributed by atoms with Gasteiger partial charge in [0.05, 0.1) is 19.1 Å². The third-order valence-corrected chi connectivity index (χ3v) is 3.11. The number of rotatable bonds is 7. The van der Waals surface area contributed by atoms with Crippen molar-refractivity contribution in [1.82, 2.24) is 0 Å². The topological polar surface area (TPSA) is 63.6 Å². The highest BCUT2D eigenvalue weighted by Crippen LogP contribution is 2.22. The monoisotopic (exact) mass is 240 g/mol. The Bertz CT molecular complexity index is 296. The van der Waals surface area contributed by atoms with Crippen LogP contribution in [0.2, 0.25) is 0 Å². The van der Waals surface area contributed by atoms with Crippen LogP contribution in [0.4, 0.5) is 0 Å². The summed E-state index contributed by atoms with van der Waals surface area (Å²) in [7, 11) is 1.39. The molecule has 0 radical (unpaired) electrons. The Morgan fingerprint density at radius 3 is 2.65 bits per heavy atom. The molecular weight excluding hydrogens is 220 g/mol. The molecule has 0 aromatic rings. The second-order valence-electron chi connectivity index (χ2n) is 4.39. The average molecular weight is 240 g/mol. The number of aliphatic hydroxyl groups is 1. The SMILES string of the molecule is COC(=O)CCCCCCC1C(=O)C=CC1O. The first-order valence-electron chi connectivity index (χ1n) is 6.12. The summed E-state index contributed by atoms with van der Waals surface area (Å²) in [6.07, 6.45) is 7.29. The van der Waals surface area contributed by atoms with Crippen molar-refractivity contribution in [1.29, 1.82) is 0 Å². The lowest BCUT2D eigenvalue weighted by molar-refractivity contribution is -0.140. The number of methoxy groups -OCH3 is 1. The van der Waals surface area contributed by atoms with E-state index in [1.165, 1.54) is 13.2 Å². The highest BCUT2D eigenvalue weighted by atomic mass is 16.5. The van der Waals surface area contributed by atoms with Gasteiger partial charge in [0.25, 0.3) is 0 Å². The summed E-state index contributed by atoms with van der Waals surface area (Å²) in [5.74, 6) is -0.377. The van der Waals surface area contributed by atoms with Gasteiger partial charge in [-0.1, -0.05) is 25.3 Å². The minimum atomic E-state index is -0.599. The molecule has 1 N–H and O–H groups in total. The lowest BCUT2D eigenvalue weighted by Crippen LogP contribution is -2.19. The largest absolute Gasteiger partial charge is 0.469 e. The predicted molar refractivity (Wildman–Crippen MR) is 63.4 cm³/mol. The van der Waals surface area contributed by atoms with E-state index in [1.807, 2.05) is 0 Å². The van der Waals surface area contributed by atoms with E-state index in [2.05, 4.69) is 4.74 Å². The van der Waals surface area contributed by atoms with E-state index in [4.69, 9.17) is 0 Å². The first kappa shape index (κ1) is 13.9. The van der Waals surface area contributed by atoms with Gasteiger partial charge in [-0.2, -0.15) is 0 Å².